The molecule has 8 heteroatoms. The van der Waals surface area contributed by atoms with Crippen LogP contribution in [0.3, 0.4) is 0 Å². The summed E-state index contributed by atoms with van der Waals surface area (Å²) in [5.74, 6) is -1.10. The van der Waals surface area contributed by atoms with Gasteiger partial charge in [0, 0.05) is 19.2 Å². The predicted molar refractivity (Wildman–Crippen MR) is 66.8 cm³/mol. The molecule has 0 heterocycles. The molecule has 4 nitrogen and oxygen atoms in total. The van der Waals surface area contributed by atoms with Crippen LogP contribution < -0.4 is 10.1 Å². The van der Waals surface area contributed by atoms with Gasteiger partial charge in [-0.2, -0.15) is 13.2 Å². The van der Waals surface area contributed by atoms with E-state index in [4.69, 9.17) is 4.74 Å². The van der Waals surface area contributed by atoms with Crippen molar-refractivity contribution in [1.29, 1.82) is 0 Å². The monoisotopic (exact) mass is 309 g/mol. The third-order valence-electron chi connectivity index (χ3n) is 2.44. The van der Waals surface area contributed by atoms with Crippen LogP contribution in [0.2, 0.25) is 0 Å². The second-order valence-electron chi connectivity index (χ2n) is 4.12. The van der Waals surface area contributed by atoms with E-state index in [-0.39, 0.29) is 30.9 Å². The number of hydrogen-bond acceptors (Lipinski definition) is 3. The quantitative estimate of drug-likeness (QED) is 0.622. The van der Waals surface area contributed by atoms with Crippen molar-refractivity contribution in [3.8, 4) is 5.75 Å². The summed E-state index contributed by atoms with van der Waals surface area (Å²) >= 11 is 0. The number of benzene rings is 1. The van der Waals surface area contributed by atoms with Gasteiger partial charge in [0.25, 0.3) is 5.91 Å². The molecule has 0 aliphatic rings. The fraction of sp³-hybridized carbons (Fsp3) is 0.462. The minimum absolute atomic E-state index is 0.0855. The standard InChI is InChI=1S/C13H15F4NO3/c1-20-9-3-4-10(11(14)7-9)12(19)18-5-2-6-21-8-13(15,16)17/h3-4,7H,2,5-6,8H2,1H3,(H,18,19). The first-order valence-corrected chi connectivity index (χ1v) is 6.09. The Hall–Kier alpha value is -1.83. The van der Waals surface area contributed by atoms with Crippen molar-refractivity contribution < 1.29 is 31.8 Å². The number of carbonyl (C=O) groups excluding carboxylic acids is 1. The molecular weight excluding hydrogens is 294 g/mol. The van der Waals surface area contributed by atoms with Gasteiger partial charge in [0.15, 0.2) is 0 Å². The van der Waals surface area contributed by atoms with Crippen LogP contribution in [0.1, 0.15) is 16.8 Å². The first-order valence-electron chi connectivity index (χ1n) is 6.09. The number of halogens is 4. The second kappa shape index (κ2) is 7.82. The molecule has 0 unspecified atom stereocenters. The van der Waals surface area contributed by atoms with E-state index in [0.29, 0.717) is 0 Å². The molecule has 118 valence electrons. The van der Waals surface area contributed by atoms with Crippen molar-refractivity contribution in [2.45, 2.75) is 12.6 Å². The van der Waals surface area contributed by atoms with Gasteiger partial charge in [-0.25, -0.2) is 4.39 Å². The zero-order valence-electron chi connectivity index (χ0n) is 11.3. The maximum Gasteiger partial charge on any atom is 0.411 e. The number of ether oxygens (including phenoxy) is 2. The summed E-state index contributed by atoms with van der Waals surface area (Å²) in [7, 11) is 1.37. The maximum absolute atomic E-state index is 13.6. The van der Waals surface area contributed by atoms with E-state index in [1.807, 2.05) is 0 Å². The van der Waals surface area contributed by atoms with Crippen molar-refractivity contribution >= 4 is 5.91 Å². The molecule has 1 amide bonds. The summed E-state index contributed by atoms with van der Waals surface area (Å²) in [5.41, 5.74) is -0.160. The normalized spacial score (nSPS) is 11.3. The number of alkyl halides is 3. The van der Waals surface area contributed by atoms with Crippen LogP contribution in [-0.4, -0.2) is 39.0 Å². The minimum atomic E-state index is -4.37. The Bertz CT molecular complexity index is 477. The summed E-state index contributed by atoms with van der Waals surface area (Å²) in [4.78, 5) is 11.6. The van der Waals surface area contributed by atoms with Gasteiger partial charge in [0.2, 0.25) is 0 Å². The first kappa shape index (κ1) is 17.2. The average Bonchev–Trinajstić information content (AvgIpc) is 2.41. The average molecular weight is 309 g/mol. The van der Waals surface area contributed by atoms with Crippen LogP contribution in [-0.2, 0) is 4.74 Å². The molecule has 0 radical (unpaired) electrons. The molecule has 0 spiro atoms. The second-order valence-corrected chi connectivity index (χ2v) is 4.12. The molecule has 0 saturated heterocycles. The third-order valence-corrected chi connectivity index (χ3v) is 2.44. The Morgan fingerprint density at radius 3 is 2.62 bits per heavy atom. The van der Waals surface area contributed by atoms with E-state index in [2.05, 4.69) is 10.1 Å². The molecule has 0 aliphatic carbocycles. The summed E-state index contributed by atoms with van der Waals surface area (Å²) in [6.07, 6.45) is -4.17. The highest BCUT2D eigenvalue weighted by Gasteiger charge is 2.27. The molecule has 0 saturated carbocycles. The van der Waals surface area contributed by atoms with Gasteiger partial charge in [-0.15, -0.1) is 0 Å². The highest BCUT2D eigenvalue weighted by molar-refractivity contribution is 5.94. The molecule has 0 fully saturated rings. The van der Waals surface area contributed by atoms with Crippen LogP contribution >= 0.6 is 0 Å². The number of rotatable bonds is 7. The zero-order valence-corrected chi connectivity index (χ0v) is 11.3. The number of nitrogens with one attached hydrogen (secondary N) is 1. The van der Waals surface area contributed by atoms with Gasteiger partial charge < -0.3 is 14.8 Å². The van der Waals surface area contributed by atoms with Gasteiger partial charge in [0.1, 0.15) is 18.2 Å². The Morgan fingerprint density at radius 1 is 1.33 bits per heavy atom. The molecule has 0 aliphatic heterocycles. The lowest BCUT2D eigenvalue weighted by atomic mass is 10.2. The van der Waals surface area contributed by atoms with E-state index in [9.17, 15) is 22.4 Å². The number of amides is 1. The first-order chi connectivity index (χ1) is 9.83. The van der Waals surface area contributed by atoms with Crippen LogP contribution in [0, 0.1) is 5.82 Å². The smallest absolute Gasteiger partial charge is 0.411 e. The lowest BCUT2D eigenvalue weighted by Gasteiger charge is -2.09. The SMILES string of the molecule is COc1ccc(C(=O)NCCCOCC(F)(F)F)c(F)c1. The van der Waals surface area contributed by atoms with Gasteiger partial charge >= 0.3 is 6.18 Å². The Kier molecular flexibility index (Phi) is 6.41. The summed E-state index contributed by atoms with van der Waals surface area (Å²) in [6, 6.07) is 3.77. The lowest BCUT2D eigenvalue weighted by Crippen LogP contribution is -2.26. The number of carbonyl (C=O) groups is 1. The molecule has 1 rings (SSSR count). The van der Waals surface area contributed by atoms with Crippen LogP contribution in [0.15, 0.2) is 18.2 Å². The molecule has 1 aromatic rings. The summed E-state index contributed by atoms with van der Waals surface area (Å²) in [5, 5.41) is 2.39. The molecule has 21 heavy (non-hydrogen) atoms. The fourth-order valence-corrected chi connectivity index (χ4v) is 1.47. The van der Waals surface area contributed by atoms with Crippen molar-refractivity contribution in [2.75, 3.05) is 26.9 Å². The Morgan fingerprint density at radius 2 is 2.05 bits per heavy atom. The van der Waals surface area contributed by atoms with Gasteiger partial charge in [-0.05, 0) is 18.6 Å². The fourth-order valence-electron chi connectivity index (χ4n) is 1.47. The topological polar surface area (TPSA) is 47.6 Å². The molecule has 0 atom stereocenters. The molecule has 1 N–H and O–H groups in total. The summed E-state index contributed by atoms with van der Waals surface area (Å²) < 4.78 is 58.1. The Labute approximate surface area is 119 Å². The molecule has 0 bridgehead atoms. The van der Waals surface area contributed by atoms with E-state index >= 15 is 0 Å². The highest BCUT2D eigenvalue weighted by atomic mass is 19.4. The van der Waals surface area contributed by atoms with Crippen LogP contribution in [0.4, 0.5) is 17.6 Å². The van der Waals surface area contributed by atoms with Gasteiger partial charge in [-0.1, -0.05) is 0 Å². The van der Waals surface area contributed by atoms with Gasteiger partial charge in [-0.3, -0.25) is 4.79 Å². The minimum Gasteiger partial charge on any atom is -0.497 e. The molecular formula is C13H15F4NO3. The van der Waals surface area contributed by atoms with E-state index in [1.165, 1.54) is 19.2 Å². The zero-order chi connectivity index (χ0) is 15.9. The van der Waals surface area contributed by atoms with Crippen molar-refractivity contribution in [1.82, 2.24) is 5.32 Å². The largest absolute Gasteiger partial charge is 0.497 e. The highest BCUT2D eigenvalue weighted by Crippen LogP contribution is 2.16. The van der Waals surface area contributed by atoms with E-state index in [1.54, 1.807) is 0 Å². The summed E-state index contributed by atoms with van der Waals surface area (Å²) in [6.45, 7) is -1.39. The molecule has 1 aromatic carbocycles. The van der Waals surface area contributed by atoms with Crippen molar-refractivity contribution in [3.63, 3.8) is 0 Å². The number of methoxy groups -OCH3 is 1. The van der Waals surface area contributed by atoms with Crippen LogP contribution in [0.5, 0.6) is 5.75 Å². The van der Waals surface area contributed by atoms with Gasteiger partial charge in [0.05, 0.1) is 12.7 Å². The Balaban J connectivity index is 2.31. The van der Waals surface area contributed by atoms with Crippen molar-refractivity contribution in [3.05, 3.63) is 29.6 Å². The third kappa shape index (κ3) is 6.44. The predicted octanol–water partition coefficient (Wildman–Crippen LogP) is 2.53. The molecule has 0 aromatic heterocycles. The maximum atomic E-state index is 13.6. The van der Waals surface area contributed by atoms with E-state index in [0.717, 1.165) is 6.07 Å². The van der Waals surface area contributed by atoms with E-state index < -0.39 is 24.5 Å². The van der Waals surface area contributed by atoms with Crippen molar-refractivity contribution in [2.24, 2.45) is 0 Å². The van der Waals surface area contributed by atoms with Crippen LogP contribution in [0.25, 0.3) is 0 Å². The number of hydrogen-bond donors (Lipinski definition) is 1. The lowest BCUT2D eigenvalue weighted by molar-refractivity contribution is -0.173.